The molecule has 0 atom stereocenters. The molecule has 0 saturated heterocycles. The Morgan fingerprint density at radius 3 is 2.57 bits per heavy atom. The molecule has 1 heterocycles. The highest BCUT2D eigenvalue weighted by molar-refractivity contribution is 5.79. The van der Waals surface area contributed by atoms with Gasteiger partial charge < -0.3 is 24.7 Å². The van der Waals surface area contributed by atoms with Crippen molar-refractivity contribution in [2.24, 2.45) is 0 Å². The van der Waals surface area contributed by atoms with E-state index in [1.807, 2.05) is 30.3 Å². The number of aryl methyl sites for hydroxylation is 1. The van der Waals surface area contributed by atoms with Gasteiger partial charge in [-0.3, -0.25) is 0 Å². The van der Waals surface area contributed by atoms with E-state index >= 15 is 0 Å². The van der Waals surface area contributed by atoms with E-state index in [1.165, 1.54) is 10.9 Å². The molecule has 3 aromatic rings. The van der Waals surface area contributed by atoms with E-state index < -0.39 is 0 Å². The van der Waals surface area contributed by atoms with Gasteiger partial charge in [-0.05, 0) is 48.1 Å². The zero-order valence-electron chi connectivity index (χ0n) is 16.4. The largest absolute Gasteiger partial charge is 0.493 e. The molecular formula is C22H27N3O3. The van der Waals surface area contributed by atoms with Gasteiger partial charge in [-0.15, -0.1) is 0 Å². The number of hydrogen-bond acceptors (Lipinski definition) is 3. The Kier molecular flexibility index (Phi) is 6.78. The average molecular weight is 381 g/mol. The van der Waals surface area contributed by atoms with Crippen LogP contribution in [0.2, 0.25) is 0 Å². The van der Waals surface area contributed by atoms with Crippen molar-refractivity contribution < 1.29 is 14.3 Å². The van der Waals surface area contributed by atoms with Gasteiger partial charge >= 0.3 is 6.03 Å². The number of carbonyl (C=O) groups excluding carboxylic acids is 1. The normalized spacial score (nSPS) is 10.6. The first-order valence-electron chi connectivity index (χ1n) is 9.47. The number of carbonyl (C=O) groups is 1. The number of hydrogen-bond donors (Lipinski definition) is 2. The summed E-state index contributed by atoms with van der Waals surface area (Å²) >= 11 is 0. The van der Waals surface area contributed by atoms with Gasteiger partial charge in [0.1, 0.15) is 0 Å². The summed E-state index contributed by atoms with van der Waals surface area (Å²) in [5, 5.41) is 7.04. The van der Waals surface area contributed by atoms with Crippen molar-refractivity contribution in [1.29, 1.82) is 0 Å². The number of ether oxygens (including phenoxy) is 2. The van der Waals surface area contributed by atoms with Crippen LogP contribution in [0.4, 0.5) is 4.79 Å². The van der Waals surface area contributed by atoms with Crippen molar-refractivity contribution in [3.8, 4) is 11.5 Å². The van der Waals surface area contributed by atoms with Crippen LogP contribution in [0.15, 0.2) is 54.7 Å². The Morgan fingerprint density at radius 1 is 0.964 bits per heavy atom. The molecule has 0 unspecified atom stereocenters. The zero-order valence-corrected chi connectivity index (χ0v) is 16.4. The summed E-state index contributed by atoms with van der Waals surface area (Å²) in [7, 11) is 3.23. The first-order chi connectivity index (χ1) is 13.7. The zero-order chi connectivity index (χ0) is 19.8. The summed E-state index contributed by atoms with van der Waals surface area (Å²) in [5.74, 6) is 1.40. The van der Waals surface area contributed by atoms with Crippen LogP contribution >= 0.6 is 0 Å². The van der Waals surface area contributed by atoms with Crippen LogP contribution in [-0.2, 0) is 13.0 Å². The molecule has 0 aliphatic heterocycles. The standard InChI is InChI=1S/C22H27N3O3/c1-27-20-9-8-17(16-21(20)28-2)10-13-24-22(26)23-12-5-14-25-15-11-18-6-3-4-7-19(18)25/h3-4,6-9,11,15-16H,5,10,12-14H2,1-2H3,(H2,23,24,26). The van der Waals surface area contributed by atoms with Crippen LogP contribution in [0.3, 0.4) is 0 Å². The molecule has 0 aliphatic rings. The molecule has 0 saturated carbocycles. The predicted octanol–water partition coefficient (Wildman–Crippen LogP) is 3.59. The Bertz CT molecular complexity index is 920. The molecule has 2 amide bonds. The van der Waals surface area contributed by atoms with Crippen molar-refractivity contribution >= 4 is 16.9 Å². The summed E-state index contributed by atoms with van der Waals surface area (Å²) in [6, 6.07) is 16.1. The lowest BCUT2D eigenvalue weighted by Crippen LogP contribution is -2.37. The summed E-state index contributed by atoms with van der Waals surface area (Å²) in [4.78, 5) is 12.0. The Balaban J connectivity index is 1.36. The van der Waals surface area contributed by atoms with Gasteiger partial charge in [-0.1, -0.05) is 24.3 Å². The van der Waals surface area contributed by atoms with E-state index in [1.54, 1.807) is 14.2 Å². The van der Waals surface area contributed by atoms with Gasteiger partial charge in [0, 0.05) is 31.3 Å². The molecule has 2 aromatic carbocycles. The van der Waals surface area contributed by atoms with Crippen LogP contribution < -0.4 is 20.1 Å². The number of nitrogens with one attached hydrogen (secondary N) is 2. The number of methoxy groups -OCH3 is 2. The second-order valence-corrected chi connectivity index (χ2v) is 6.54. The van der Waals surface area contributed by atoms with Crippen LogP contribution in [0, 0.1) is 0 Å². The number of para-hydroxylation sites is 1. The third-order valence-electron chi connectivity index (χ3n) is 4.69. The predicted molar refractivity (Wildman–Crippen MR) is 111 cm³/mol. The summed E-state index contributed by atoms with van der Waals surface area (Å²) < 4.78 is 12.7. The van der Waals surface area contributed by atoms with E-state index in [0.29, 0.717) is 24.6 Å². The maximum absolute atomic E-state index is 12.0. The molecule has 6 heteroatoms. The average Bonchev–Trinajstić information content (AvgIpc) is 3.14. The number of nitrogens with zero attached hydrogens (tertiary/aromatic N) is 1. The molecule has 28 heavy (non-hydrogen) atoms. The first-order valence-corrected chi connectivity index (χ1v) is 9.47. The lowest BCUT2D eigenvalue weighted by molar-refractivity contribution is 0.240. The Labute approximate surface area is 165 Å². The van der Waals surface area contributed by atoms with Gasteiger partial charge in [0.2, 0.25) is 0 Å². The van der Waals surface area contributed by atoms with Gasteiger partial charge in [-0.2, -0.15) is 0 Å². The smallest absolute Gasteiger partial charge is 0.314 e. The highest BCUT2D eigenvalue weighted by Gasteiger charge is 2.05. The van der Waals surface area contributed by atoms with Crippen LogP contribution in [-0.4, -0.2) is 37.9 Å². The monoisotopic (exact) mass is 381 g/mol. The van der Waals surface area contributed by atoms with E-state index in [-0.39, 0.29) is 6.03 Å². The fourth-order valence-electron chi connectivity index (χ4n) is 3.21. The van der Waals surface area contributed by atoms with Crippen molar-refractivity contribution in [1.82, 2.24) is 15.2 Å². The second-order valence-electron chi connectivity index (χ2n) is 6.54. The lowest BCUT2D eigenvalue weighted by Gasteiger charge is -2.11. The fraction of sp³-hybridized carbons (Fsp3) is 0.318. The molecule has 6 nitrogen and oxygen atoms in total. The minimum absolute atomic E-state index is 0.141. The number of amides is 2. The van der Waals surface area contributed by atoms with Crippen LogP contribution in [0.1, 0.15) is 12.0 Å². The number of rotatable bonds is 9. The van der Waals surface area contributed by atoms with E-state index in [4.69, 9.17) is 9.47 Å². The third-order valence-corrected chi connectivity index (χ3v) is 4.69. The van der Waals surface area contributed by atoms with Gasteiger partial charge in [0.25, 0.3) is 0 Å². The van der Waals surface area contributed by atoms with Crippen LogP contribution in [0.5, 0.6) is 11.5 Å². The SMILES string of the molecule is COc1ccc(CCNC(=O)NCCCn2ccc3ccccc32)cc1OC. The molecule has 2 N–H and O–H groups in total. The molecule has 0 aliphatic carbocycles. The Morgan fingerprint density at radius 2 is 1.75 bits per heavy atom. The molecule has 148 valence electrons. The third kappa shape index (κ3) is 4.97. The van der Waals surface area contributed by atoms with Gasteiger partial charge in [0.05, 0.1) is 14.2 Å². The summed E-state index contributed by atoms with van der Waals surface area (Å²) in [6.45, 7) is 2.07. The fourth-order valence-corrected chi connectivity index (χ4v) is 3.21. The summed E-state index contributed by atoms with van der Waals surface area (Å²) in [6.07, 6.45) is 3.69. The number of urea groups is 1. The maximum Gasteiger partial charge on any atom is 0.314 e. The highest BCUT2D eigenvalue weighted by atomic mass is 16.5. The summed E-state index contributed by atoms with van der Waals surface area (Å²) in [5.41, 5.74) is 2.30. The minimum Gasteiger partial charge on any atom is -0.493 e. The first kappa shape index (κ1) is 19.6. The maximum atomic E-state index is 12.0. The number of benzene rings is 2. The molecule has 0 radical (unpaired) electrons. The van der Waals surface area contributed by atoms with Gasteiger partial charge in [-0.25, -0.2) is 4.79 Å². The molecule has 0 spiro atoms. The highest BCUT2D eigenvalue weighted by Crippen LogP contribution is 2.27. The van der Waals surface area contributed by atoms with Crippen LogP contribution in [0.25, 0.3) is 10.9 Å². The molecule has 0 bridgehead atoms. The van der Waals surface area contributed by atoms with Crippen molar-refractivity contribution in [3.05, 3.63) is 60.3 Å². The molecule has 3 rings (SSSR count). The lowest BCUT2D eigenvalue weighted by atomic mass is 10.1. The Hall–Kier alpha value is -3.15. The molecular weight excluding hydrogens is 354 g/mol. The van der Waals surface area contributed by atoms with E-state index in [2.05, 4.69) is 39.6 Å². The van der Waals surface area contributed by atoms with E-state index in [0.717, 1.165) is 24.9 Å². The van der Waals surface area contributed by atoms with Crippen molar-refractivity contribution in [2.75, 3.05) is 27.3 Å². The van der Waals surface area contributed by atoms with E-state index in [9.17, 15) is 4.79 Å². The second kappa shape index (κ2) is 9.69. The molecule has 1 aromatic heterocycles. The quantitative estimate of drug-likeness (QED) is 0.557. The number of fused-ring (bicyclic) bond motifs is 1. The van der Waals surface area contributed by atoms with Crippen molar-refractivity contribution in [3.63, 3.8) is 0 Å². The number of aromatic nitrogens is 1. The minimum atomic E-state index is -0.141. The van der Waals surface area contributed by atoms with Crippen molar-refractivity contribution in [2.45, 2.75) is 19.4 Å². The molecule has 0 fully saturated rings. The topological polar surface area (TPSA) is 64.5 Å². The van der Waals surface area contributed by atoms with Gasteiger partial charge in [0.15, 0.2) is 11.5 Å².